The lowest BCUT2D eigenvalue weighted by atomic mass is 10.0. The van der Waals surface area contributed by atoms with Gasteiger partial charge in [-0.15, -0.1) is 0 Å². The predicted octanol–water partition coefficient (Wildman–Crippen LogP) is 20.8. The zero-order valence-electron chi connectivity index (χ0n) is 59.1. The van der Waals surface area contributed by atoms with Crippen LogP contribution in [0.25, 0.3) is 0 Å². The molecule has 0 aromatic heterocycles. The Morgan fingerprint density at radius 1 is 0.297 bits per heavy atom. The fraction of sp³-hybridized carbons (Fsp3) is 0.944. The number of hydrogen-bond donors (Lipinski definition) is 3. The molecule has 91 heavy (non-hydrogen) atoms. The maximum Gasteiger partial charge on any atom is 0.472 e. The molecule has 0 saturated carbocycles. The third kappa shape index (κ3) is 66.5. The normalized spacial score (nSPS) is 14.1. The molecule has 0 heterocycles. The Balaban J connectivity index is 5.23. The molecule has 0 bridgehead atoms. The number of phosphoric ester groups is 2. The molecule has 0 saturated heterocycles. The largest absolute Gasteiger partial charge is 0.472 e. The summed E-state index contributed by atoms with van der Waals surface area (Å²) >= 11 is 0. The van der Waals surface area contributed by atoms with Gasteiger partial charge in [-0.2, -0.15) is 0 Å². The van der Waals surface area contributed by atoms with Gasteiger partial charge in [0, 0.05) is 25.7 Å². The zero-order valence-corrected chi connectivity index (χ0v) is 60.9. The van der Waals surface area contributed by atoms with E-state index in [9.17, 15) is 43.2 Å². The number of carbonyl (C=O) groups excluding carboxylic acids is 4. The van der Waals surface area contributed by atoms with Gasteiger partial charge < -0.3 is 33.8 Å². The van der Waals surface area contributed by atoms with Crippen LogP contribution in [0.15, 0.2) is 0 Å². The Morgan fingerprint density at radius 3 is 0.747 bits per heavy atom. The van der Waals surface area contributed by atoms with Crippen LogP contribution in [0.2, 0.25) is 0 Å². The van der Waals surface area contributed by atoms with Gasteiger partial charge in [-0.05, 0) is 37.5 Å². The first kappa shape index (κ1) is 89.1. The molecule has 540 valence electrons. The lowest BCUT2D eigenvalue weighted by Gasteiger charge is -2.21. The Kier molecular flexibility index (Phi) is 62.7. The number of ether oxygens (including phenoxy) is 4. The van der Waals surface area contributed by atoms with Crippen LogP contribution in [0.4, 0.5) is 0 Å². The number of unbranched alkanes of at least 4 members (excludes halogenated alkanes) is 41. The van der Waals surface area contributed by atoms with Gasteiger partial charge in [-0.1, -0.05) is 318 Å². The molecule has 17 nitrogen and oxygen atoms in total. The van der Waals surface area contributed by atoms with E-state index in [-0.39, 0.29) is 25.7 Å². The molecule has 0 spiro atoms. The highest BCUT2D eigenvalue weighted by atomic mass is 31.2. The van der Waals surface area contributed by atoms with Crippen LogP contribution in [-0.4, -0.2) is 96.7 Å². The molecule has 0 aliphatic heterocycles. The van der Waals surface area contributed by atoms with E-state index in [0.717, 1.165) is 95.8 Å². The summed E-state index contributed by atoms with van der Waals surface area (Å²) in [7, 11) is -9.90. The van der Waals surface area contributed by atoms with E-state index in [0.29, 0.717) is 31.6 Å². The van der Waals surface area contributed by atoms with Crippen molar-refractivity contribution in [2.75, 3.05) is 39.6 Å². The van der Waals surface area contributed by atoms with Crippen LogP contribution in [0, 0.1) is 11.8 Å². The van der Waals surface area contributed by atoms with Gasteiger partial charge in [-0.25, -0.2) is 9.13 Å². The van der Waals surface area contributed by atoms with Gasteiger partial charge in [0.15, 0.2) is 12.2 Å². The Hall–Kier alpha value is -1.94. The fourth-order valence-corrected chi connectivity index (χ4v) is 12.5. The minimum Gasteiger partial charge on any atom is -0.462 e. The first-order chi connectivity index (χ1) is 43.9. The summed E-state index contributed by atoms with van der Waals surface area (Å²) in [5.41, 5.74) is 0. The first-order valence-electron chi connectivity index (χ1n) is 37.5. The molecule has 0 aromatic rings. The lowest BCUT2D eigenvalue weighted by molar-refractivity contribution is -0.161. The van der Waals surface area contributed by atoms with Crippen molar-refractivity contribution in [2.45, 2.75) is 387 Å². The standard InChI is InChI=1S/C72H140O17P2/c1-7-9-11-13-15-17-19-20-21-24-27-31-37-43-49-55-70(75)83-60-67(88-71(76)56-50-44-38-32-28-25-22-23-26-29-34-40-46-52-64(3)4)62-86-90(78,79)84-58-66(73)59-85-91(80,81)87-63-68(89-72(77)57-51-45-39-33-35-41-47-53-65(5)6)61-82-69(74)54-48-42-36-30-18-16-14-12-10-8-2/h64-68,73H,7-63H2,1-6H3,(H,78,79)(H,80,81)/t66-,67-,68-/m1/s1. The molecule has 0 aromatic carbocycles. The van der Waals surface area contributed by atoms with Crippen LogP contribution in [-0.2, 0) is 65.4 Å². The quantitative estimate of drug-likeness (QED) is 0.0222. The van der Waals surface area contributed by atoms with Gasteiger partial charge in [-0.3, -0.25) is 37.3 Å². The van der Waals surface area contributed by atoms with E-state index in [4.69, 9.17) is 37.0 Å². The molecule has 0 aliphatic carbocycles. The fourth-order valence-electron chi connectivity index (χ4n) is 10.9. The minimum atomic E-state index is -4.95. The van der Waals surface area contributed by atoms with Gasteiger partial charge in [0.05, 0.1) is 26.4 Å². The van der Waals surface area contributed by atoms with E-state index < -0.39 is 97.5 Å². The summed E-state index contributed by atoms with van der Waals surface area (Å²) in [6.45, 7) is 9.51. The summed E-state index contributed by atoms with van der Waals surface area (Å²) in [6, 6.07) is 0. The maximum atomic E-state index is 13.0. The Labute approximate surface area is 556 Å². The van der Waals surface area contributed by atoms with Crippen molar-refractivity contribution in [3.8, 4) is 0 Å². The van der Waals surface area contributed by atoms with Crippen molar-refractivity contribution in [1.82, 2.24) is 0 Å². The second kappa shape index (κ2) is 64.1. The van der Waals surface area contributed by atoms with Crippen molar-refractivity contribution in [3.63, 3.8) is 0 Å². The highest BCUT2D eigenvalue weighted by Crippen LogP contribution is 2.45. The van der Waals surface area contributed by atoms with Crippen molar-refractivity contribution >= 4 is 39.5 Å². The predicted molar refractivity (Wildman–Crippen MR) is 368 cm³/mol. The Morgan fingerprint density at radius 2 is 0.505 bits per heavy atom. The summed E-state index contributed by atoms with van der Waals surface area (Å²) in [4.78, 5) is 72.6. The third-order valence-corrected chi connectivity index (χ3v) is 18.6. The van der Waals surface area contributed by atoms with E-state index in [1.807, 2.05) is 0 Å². The van der Waals surface area contributed by atoms with Crippen LogP contribution < -0.4 is 0 Å². The van der Waals surface area contributed by atoms with Crippen molar-refractivity contribution in [3.05, 3.63) is 0 Å². The van der Waals surface area contributed by atoms with Gasteiger partial charge in [0.1, 0.15) is 19.3 Å². The maximum absolute atomic E-state index is 13.0. The number of hydrogen-bond acceptors (Lipinski definition) is 15. The van der Waals surface area contributed by atoms with Gasteiger partial charge in [0.2, 0.25) is 0 Å². The van der Waals surface area contributed by atoms with Crippen molar-refractivity contribution in [2.24, 2.45) is 11.8 Å². The molecular weight excluding hydrogens is 1200 g/mol. The number of esters is 4. The molecule has 3 N–H and O–H groups in total. The first-order valence-corrected chi connectivity index (χ1v) is 40.5. The molecule has 0 rings (SSSR count). The van der Waals surface area contributed by atoms with Crippen LogP contribution in [0.5, 0.6) is 0 Å². The molecule has 19 heteroatoms. The molecule has 0 fully saturated rings. The topological polar surface area (TPSA) is 237 Å². The summed E-state index contributed by atoms with van der Waals surface area (Å²) < 4.78 is 68.3. The average Bonchev–Trinajstić information content (AvgIpc) is 3.72. The minimum absolute atomic E-state index is 0.104. The Bertz CT molecular complexity index is 1770. The molecule has 2 unspecified atom stereocenters. The number of rotatable bonds is 71. The molecule has 0 radical (unpaired) electrons. The zero-order chi connectivity index (χ0) is 67.2. The third-order valence-electron chi connectivity index (χ3n) is 16.7. The second-order valence-electron chi connectivity index (χ2n) is 26.9. The molecular formula is C72H140O17P2. The van der Waals surface area contributed by atoms with Crippen LogP contribution in [0.1, 0.15) is 369 Å². The van der Waals surface area contributed by atoms with Gasteiger partial charge >= 0.3 is 39.5 Å². The number of aliphatic hydroxyl groups excluding tert-OH is 1. The monoisotopic (exact) mass is 1340 g/mol. The average molecular weight is 1340 g/mol. The lowest BCUT2D eigenvalue weighted by Crippen LogP contribution is -2.30. The van der Waals surface area contributed by atoms with Gasteiger partial charge in [0.25, 0.3) is 0 Å². The SMILES string of the molecule is CCCCCCCCCCCCCCCCCC(=O)OC[C@H](COP(=O)(O)OC[C@@H](O)COP(=O)(O)OC[C@@H](COC(=O)CCCCCCCCCCCC)OC(=O)CCCCCCCCCC(C)C)OC(=O)CCCCCCCCCCCCCCCC(C)C. The van der Waals surface area contributed by atoms with Crippen LogP contribution >= 0.6 is 15.6 Å². The number of carbonyl (C=O) groups is 4. The van der Waals surface area contributed by atoms with Crippen molar-refractivity contribution in [1.29, 1.82) is 0 Å². The number of aliphatic hydroxyl groups is 1. The smallest absolute Gasteiger partial charge is 0.462 e. The molecule has 0 amide bonds. The van der Waals surface area contributed by atoms with E-state index in [1.165, 1.54) is 186 Å². The van der Waals surface area contributed by atoms with E-state index >= 15 is 0 Å². The summed E-state index contributed by atoms with van der Waals surface area (Å²) in [5, 5.41) is 10.6. The molecule has 0 aliphatic rings. The summed E-state index contributed by atoms with van der Waals surface area (Å²) in [5.74, 6) is -0.640. The van der Waals surface area contributed by atoms with Crippen molar-refractivity contribution < 1.29 is 80.2 Å². The summed E-state index contributed by atoms with van der Waals surface area (Å²) in [6.07, 6.45) is 50.0. The van der Waals surface area contributed by atoms with E-state index in [1.54, 1.807) is 0 Å². The highest BCUT2D eigenvalue weighted by molar-refractivity contribution is 7.47. The van der Waals surface area contributed by atoms with Crippen LogP contribution in [0.3, 0.4) is 0 Å². The second-order valence-corrected chi connectivity index (χ2v) is 29.8. The number of phosphoric acid groups is 2. The molecule has 5 atom stereocenters. The highest BCUT2D eigenvalue weighted by Gasteiger charge is 2.30. The van der Waals surface area contributed by atoms with E-state index in [2.05, 4.69) is 41.5 Å².